The Morgan fingerprint density at radius 3 is 2.35 bits per heavy atom. The number of carbonyl (C=O) groups is 1. The van der Waals surface area contributed by atoms with Crippen LogP contribution in [0.25, 0.3) is 0 Å². The van der Waals surface area contributed by atoms with E-state index in [2.05, 4.69) is 0 Å². The Kier molecular flexibility index (Phi) is 4.65. The minimum absolute atomic E-state index is 0.308. The van der Waals surface area contributed by atoms with Crippen LogP contribution in [0.5, 0.6) is 0 Å². The summed E-state index contributed by atoms with van der Waals surface area (Å²) in [5.74, 6) is -0.396. The van der Waals surface area contributed by atoms with Crippen molar-refractivity contribution >= 4 is 17.5 Å². The molecule has 1 aromatic rings. The fraction of sp³-hybridized carbons (Fsp3) is 0.500. The summed E-state index contributed by atoms with van der Waals surface area (Å²) in [5, 5.41) is 29.6. The van der Waals surface area contributed by atoms with E-state index >= 15 is 0 Å². The zero-order valence-electron chi connectivity index (χ0n) is 11.0. The third-order valence-corrected chi connectivity index (χ3v) is 3.97. The van der Waals surface area contributed by atoms with Gasteiger partial charge in [-0.05, 0) is 30.5 Å². The molecule has 0 saturated carbocycles. The summed E-state index contributed by atoms with van der Waals surface area (Å²) in [6.45, 7) is 0.329. The minimum Gasteiger partial charge on any atom is -0.393 e. The van der Waals surface area contributed by atoms with Gasteiger partial charge < -0.3 is 20.2 Å². The van der Waals surface area contributed by atoms with Gasteiger partial charge in [0.15, 0.2) is 6.10 Å². The molecule has 1 heterocycles. The predicted octanol–water partition coefficient (Wildman–Crippen LogP) is 0.719. The normalized spacial score (nSPS) is 19.7. The lowest BCUT2D eigenvalue weighted by Crippen LogP contribution is -2.49. The molecule has 0 bridgehead atoms. The van der Waals surface area contributed by atoms with Gasteiger partial charge in [-0.25, -0.2) is 0 Å². The number of benzene rings is 1. The largest absolute Gasteiger partial charge is 0.393 e. The van der Waals surface area contributed by atoms with E-state index in [1.807, 2.05) is 0 Å². The number of nitrogens with zero attached hydrogens (tertiary/aromatic N) is 1. The highest BCUT2D eigenvalue weighted by atomic mass is 35.5. The lowest BCUT2D eigenvalue weighted by Gasteiger charge is -2.37. The Hall–Kier alpha value is -1.14. The zero-order valence-corrected chi connectivity index (χ0v) is 11.8. The molecule has 1 aliphatic heterocycles. The number of rotatable bonds is 3. The van der Waals surface area contributed by atoms with Crippen LogP contribution in [0.4, 0.5) is 0 Å². The molecule has 110 valence electrons. The van der Waals surface area contributed by atoms with E-state index in [-0.39, 0.29) is 6.61 Å². The number of likely N-dealkylation sites (tertiary alicyclic amines) is 1. The van der Waals surface area contributed by atoms with E-state index in [9.17, 15) is 15.0 Å². The van der Waals surface area contributed by atoms with Gasteiger partial charge in [-0.2, -0.15) is 0 Å². The van der Waals surface area contributed by atoms with E-state index in [0.717, 1.165) is 0 Å². The minimum atomic E-state index is -1.23. The quantitative estimate of drug-likeness (QED) is 0.768. The lowest BCUT2D eigenvalue weighted by atomic mass is 9.92. The predicted molar refractivity (Wildman–Crippen MR) is 74.3 cm³/mol. The number of aliphatic hydroxyl groups is 3. The van der Waals surface area contributed by atoms with Crippen molar-refractivity contribution in [2.75, 3.05) is 19.7 Å². The van der Waals surface area contributed by atoms with Gasteiger partial charge in [0, 0.05) is 18.1 Å². The van der Waals surface area contributed by atoms with Crippen LogP contribution in [0.3, 0.4) is 0 Å². The first-order chi connectivity index (χ1) is 9.45. The maximum atomic E-state index is 12.2. The van der Waals surface area contributed by atoms with Gasteiger partial charge in [-0.15, -0.1) is 0 Å². The molecule has 1 unspecified atom stereocenters. The van der Waals surface area contributed by atoms with Gasteiger partial charge in [-0.3, -0.25) is 4.79 Å². The van der Waals surface area contributed by atoms with Crippen LogP contribution in [0.2, 0.25) is 5.02 Å². The van der Waals surface area contributed by atoms with Crippen LogP contribution in [0.1, 0.15) is 24.5 Å². The van der Waals surface area contributed by atoms with E-state index in [1.165, 1.54) is 4.90 Å². The molecule has 1 fully saturated rings. The molecule has 1 aliphatic rings. The van der Waals surface area contributed by atoms with Gasteiger partial charge in [0.05, 0.1) is 12.2 Å². The highest BCUT2D eigenvalue weighted by Crippen LogP contribution is 2.25. The maximum Gasteiger partial charge on any atom is 0.256 e. The van der Waals surface area contributed by atoms with Crippen molar-refractivity contribution in [2.24, 2.45) is 0 Å². The number of carbonyl (C=O) groups excluding carboxylic acids is 1. The molecule has 6 heteroatoms. The highest BCUT2D eigenvalue weighted by Gasteiger charge is 2.35. The molecule has 5 nitrogen and oxygen atoms in total. The van der Waals surface area contributed by atoms with Crippen LogP contribution in [-0.2, 0) is 4.79 Å². The zero-order chi connectivity index (χ0) is 14.8. The average molecular weight is 300 g/mol. The molecule has 1 aromatic carbocycles. The molecule has 2 rings (SSSR count). The molecule has 3 N–H and O–H groups in total. The Morgan fingerprint density at radius 2 is 1.85 bits per heavy atom. The van der Waals surface area contributed by atoms with Gasteiger partial charge in [0.1, 0.15) is 0 Å². The molecule has 0 radical (unpaired) electrons. The average Bonchev–Trinajstić information content (AvgIpc) is 2.47. The summed E-state index contributed by atoms with van der Waals surface area (Å²) in [5.41, 5.74) is -0.621. The maximum absolute atomic E-state index is 12.2. The first kappa shape index (κ1) is 15.3. The standard InChI is InChI=1S/C14H18ClNO4/c15-11-3-1-10(2-4-11)12(18)13(19)16-7-5-14(20,9-17)6-8-16/h1-4,12,17-18,20H,5-9H2. The van der Waals surface area contributed by atoms with Crippen LogP contribution >= 0.6 is 11.6 Å². The van der Waals surface area contributed by atoms with Gasteiger partial charge >= 0.3 is 0 Å². The van der Waals surface area contributed by atoms with Crippen molar-refractivity contribution in [3.05, 3.63) is 34.9 Å². The Labute approximate surface area is 122 Å². The van der Waals surface area contributed by atoms with Gasteiger partial charge in [0.25, 0.3) is 5.91 Å². The van der Waals surface area contributed by atoms with Crippen LogP contribution in [-0.4, -0.2) is 51.4 Å². The second-order valence-corrected chi connectivity index (χ2v) is 5.60. The second kappa shape index (κ2) is 6.10. The fourth-order valence-corrected chi connectivity index (χ4v) is 2.39. The molecule has 20 heavy (non-hydrogen) atoms. The first-order valence-corrected chi connectivity index (χ1v) is 6.88. The van der Waals surface area contributed by atoms with Crippen molar-refractivity contribution < 1.29 is 20.1 Å². The van der Waals surface area contributed by atoms with E-state index in [1.54, 1.807) is 24.3 Å². The van der Waals surface area contributed by atoms with Crippen molar-refractivity contribution in [3.63, 3.8) is 0 Å². The Morgan fingerprint density at radius 1 is 1.30 bits per heavy atom. The lowest BCUT2D eigenvalue weighted by molar-refractivity contribution is -0.146. The molecular formula is C14H18ClNO4. The summed E-state index contributed by atoms with van der Waals surface area (Å²) in [4.78, 5) is 13.7. The smallest absolute Gasteiger partial charge is 0.256 e. The van der Waals surface area contributed by atoms with Crippen LogP contribution in [0.15, 0.2) is 24.3 Å². The molecule has 0 aliphatic carbocycles. The molecule has 1 atom stereocenters. The van der Waals surface area contributed by atoms with Crippen molar-refractivity contribution in [1.82, 2.24) is 4.90 Å². The number of hydrogen-bond donors (Lipinski definition) is 3. The monoisotopic (exact) mass is 299 g/mol. The first-order valence-electron chi connectivity index (χ1n) is 6.51. The number of aliphatic hydroxyl groups excluding tert-OH is 2. The van der Waals surface area contributed by atoms with Crippen molar-refractivity contribution in [3.8, 4) is 0 Å². The number of halogens is 1. The van der Waals surface area contributed by atoms with Crippen molar-refractivity contribution in [1.29, 1.82) is 0 Å². The Bertz CT molecular complexity index is 469. The van der Waals surface area contributed by atoms with Gasteiger partial charge in [-0.1, -0.05) is 23.7 Å². The number of hydrogen-bond acceptors (Lipinski definition) is 4. The van der Waals surface area contributed by atoms with E-state index in [4.69, 9.17) is 16.7 Å². The van der Waals surface area contributed by atoms with Crippen LogP contribution in [0, 0.1) is 0 Å². The second-order valence-electron chi connectivity index (χ2n) is 5.16. The molecule has 0 aromatic heterocycles. The summed E-state index contributed by atoms with van der Waals surface area (Å²) < 4.78 is 0. The van der Waals surface area contributed by atoms with Crippen molar-refractivity contribution in [2.45, 2.75) is 24.5 Å². The number of piperidine rings is 1. The SMILES string of the molecule is O=C(C(O)c1ccc(Cl)cc1)N1CCC(O)(CO)CC1. The number of amides is 1. The Balaban J connectivity index is 2.00. The van der Waals surface area contributed by atoms with E-state index in [0.29, 0.717) is 36.5 Å². The highest BCUT2D eigenvalue weighted by molar-refractivity contribution is 6.30. The third-order valence-electron chi connectivity index (χ3n) is 3.72. The van der Waals surface area contributed by atoms with Crippen LogP contribution < -0.4 is 0 Å². The summed E-state index contributed by atoms with van der Waals surface area (Å²) in [6, 6.07) is 6.46. The molecular weight excluding hydrogens is 282 g/mol. The summed E-state index contributed by atoms with van der Waals surface area (Å²) in [7, 11) is 0. The summed E-state index contributed by atoms with van der Waals surface area (Å²) >= 11 is 5.76. The molecule has 0 spiro atoms. The molecule has 1 amide bonds. The van der Waals surface area contributed by atoms with E-state index < -0.39 is 17.6 Å². The third kappa shape index (κ3) is 3.30. The summed E-state index contributed by atoms with van der Waals surface area (Å²) in [6.07, 6.45) is -0.613. The topological polar surface area (TPSA) is 81.0 Å². The molecule has 1 saturated heterocycles. The fourth-order valence-electron chi connectivity index (χ4n) is 2.26. The van der Waals surface area contributed by atoms with Gasteiger partial charge in [0.2, 0.25) is 0 Å².